The van der Waals surface area contributed by atoms with E-state index >= 15 is 0 Å². The van der Waals surface area contributed by atoms with Gasteiger partial charge in [0.15, 0.2) is 0 Å². The normalized spacial score (nSPS) is 47.0. The first-order chi connectivity index (χ1) is 5.64. The molecule has 12 heavy (non-hydrogen) atoms. The standard InChI is InChI=1S/C11H20S/c1-8(2)11(3)7-12-10-6-4-5-9(10)11/h8-10H,4-7H2,1-3H3. The molecule has 1 heteroatoms. The molecule has 0 nitrogen and oxygen atoms in total. The third kappa shape index (κ3) is 1.13. The second kappa shape index (κ2) is 2.94. The lowest BCUT2D eigenvalue weighted by molar-refractivity contribution is 0.165. The van der Waals surface area contributed by atoms with Gasteiger partial charge in [-0.1, -0.05) is 27.2 Å². The SMILES string of the molecule is CC(C)C1(C)CSC2CCCC21. The van der Waals surface area contributed by atoms with E-state index in [-0.39, 0.29) is 0 Å². The van der Waals surface area contributed by atoms with E-state index in [9.17, 15) is 0 Å². The van der Waals surface area contributed by atoms with Crippen LogP contribution in [0, 0.1) is 17.3 Å². The molecule has 0 N–H and O–H groups in total. The van der Waals surface area contributed by atoms with Crippen LogP contribution < -0.4 is 0 Å². The van der Waals surface area contributed by atoms with Crippen LogP contribution in [0.3, 0.4) is 0 Å². The number of fused-ring (bicyclic) bond motifs is 1. The molecule has 2 rings (SSSR count). The van der Waals surface area contributed by atoms with Gasteiger partial charge >= 0.3 is 0 Å². The summed E-state index contributed by atoms with van der Waals surface area (Å²) in [5.74, 6) is 3.33. The zero-order valence-electron chi connectivity index (χ0n) is 8.47. The van der Waals surface area contributed by atoms with Crippen molar-refractivity contribution >= 4 is 11.8 Å². The molecule has 0 amide bonds. The molecular weight excluding hydrogens is 164 g/mol. The van der Waals surface area contributed by atoms with Crippen LogP contribution in [-0.4, -0.2) is 11.0 Å². The Bertz CT molecular complexity index is 176. The van der Waals surface area contributed by atoms with Gasteiger partial charge in [-0.25, -0.2) is 0 Å². The van der Waals surface area contributed by atoms with Gasteiger partial charge in [0.25, 0.3) is 0 Å². The molecule has 0 aromatic rings. The van der Waals surface area contributed by atoms with Crippen LogP contribution in [0.15, 0.2) is 0 Å². The summed E-state index contributed by atoms with van der Waals surface area (Å²) < 4.78 is 0. The van der Waals surface area contributed by atoms with E-state index in [1.807, 2.05) is 0 Å². The number of rotatable bonds is 1. The average Bonchev–Trinajstić information content (AvgIpc) is 2.54. The van der Waals surface area contributed by atoms with Crippen molar-refractivity contribution in [3.05, 3.63) is 0 Å². The lowest BCUT2D eigenvalue weighted by Crippen LogP contribution is -2.31. The van der Waals surface area contributed by atoms with Crippen LogP contribution in [0.4, 0.5) is 0 Å². The lowest BCUT2D eigenvalue weighted by Gasteiger charge is -2.34. The predicted octanol–water partition coefficient (Wildman–Crippen LogP) is 3.56. The molecule has 3 atom stereocenters. The van der Waals surface area contributed by atoms with Gasteiger partial charge in [0, 0.05) is 5.25 Å². The summed E-state index contributed by atoms with van der Waals surface area (Å²) in [4.78, 5) is 0. The van der Waals surface area contributed by atoms with Gasteiger partial charge in [0.05, 0.1) is 0 Å². The van der Waals surface area contributed by atoms with Crippen molar-refractivity contribution in [3.8, 4) is 0 Å². The van der Waals surface area contributed by atoms with Crippen molar-refractivity contribution in [1.82, 2.24) is 0 Å². The minimum absolute atomic E-state index is 0.659. The second-order valence-electron chi connectivity index (χ2n) is 5.05. The van der Waals surface area contributed by atoms with Crippen molar-refractivity contribution in [3.63, 3.8) is 0 Å². The molecule has 1 saturated heterocycles. The summed E-state index contributed by atoms with van der Waals surface area (Å²) in [6.07, 6.45) is 4.49. The highest BCUT2D eigenvalue weighted by molar-refractivity contribution is 8.00. The van der Waals surface area contributed by atoms with Gasteiger partial charge in [-0.3, -0.25) is 0 Å². The molecule has 0 aromatic carbocycles. The molecule has 2 fully saturated rings. The van der Waals surface area contributed by atoms with E-state index in [1.165, 1.54) is 25.0 Å². The molecule has 70 valence electrons. The van der Waals surface area contributed by atoms with Crippen LogP contribution in [0.5, 0.6) is 0 Å². The van der Waals surface area contributed by atoms with Crippen molar-refractivity contribution in [2.24, 2.45) is 17.3 Å². The largest absolute Gasteiger partial charge is 0.158 e. The van der Waals surface area contributed by atoms with Crippen molar-refractivity contribution < 1.29 is 0 Å². The minimum Gasteiger partial charge on any atom is -0.158 e. The maximum absolute atomic E-state index is 2.51. The highest BCUT2D eigenvalue weighted by Gasteiger charge is 2.48. The Kier molecular flexibility index (Phi) is 2.18. The first-order valence-corrected chi connectivity index (χ1v) is 6.31. The Morgan fingerprint density at radius 2 is 2.08 bits per heavy atom. The fourth-order valence-electron chi connectivity index (χ4n) is 2.87. The summed E-state index contributed by atoms with van der Waals surface area (Å²) in [5, 5.41) is 1.03. The van der Waals surface area contributed by atoms with Crippen LogP contribution in [0.2, 0.25) is 0 Å². The van der Waals surface area contributed by atoms with Crippen molar-refractivity contribution in [2.45, 2.75) is 45.3 Å². The van der Waals surface area contributed by atoms with Gasteiger partial charge < -0.3 is 0 Å². The molecule has 1 aliphatic carbocycles. The Hall–Kier alpha value is 0.350. The van der Waals surface area contributed by atoms with Gasteiger partial charge in [0.2, 0.25) is 0 Å². The predicted molar refractivity (Wildman–Crippen MR) is 56.5 cm³/mol. The quantitative estimate of drug-likeness (QED) is 0.600. The molecule has 0 aromatic heterocycles. The third-order valence-electron chi connectivity index (χ3n) is 4.23. The Morgan fingerprint density at radius 1 is 1.33 bits per heavy atom. The summed E-state index contributed by atoms with van der Waals surface area (Å²) >= 11 is 2.25. The topological polar surface area (TPSA) is 0 Å². The number of thioether (sulfide) groups is 1. The second-order valence-corrected chi connectivity index (χ2v) is 6.27. The van der Waals surface area contributed by atoms with Crippen molar-refractivity contribution in [1.29, 1.82) is 0 Å². The third-order valence-corrected chi connectivity index (χ3v) is 6.01. The smallest absolute Gasteiger partial charge is 0.00811 e. The minimum atomic E-state index is 0.659. The highest BCUT2D eigenvalue weighted by Crippen LogP contribution is 2.56. The average molecular weight is 184 g/mol. The summed E-state index contributed by atoms with van der Waals surface area (Å²) in [6.45, 7) is 7.32. The first kappa shape index (κ1) is 8.93. The Labute approximate surface area is 80.5 Å². The molecule has 1 heterocycles. The van der Waals surface area contributed by atoms with E-state index in [4.69, 9.17) is 0 Å². The van der Waals surface area contributed by atoms with Crippen LogP contribution >= 0.6 is 11.8 Å². The molecule has 0 bridgehead atoms. The molecule has 3 unspecified atom stereocenters. The number of hydrogen-bond donors (Lipinski definition) is 0. The summed E-state index contributed by atoms with van der Waals surface area (Å²) in [7, 11) is 0. The first-order valence-electron chi connectivity index (χ1n) is 5.26. The summed E-state index contributed by atoms with van der Waals surface area (Å²) in [6, 6.07) is 0. The molecule has 0 radical (unpaired) electrons. The van der Waals surface area contributed by atoms with Crippen LogP contribution in [0.1, 0.15) is 40.0 Å². The number of hydrogen-bond acceptors (Lipinski definition) is 1. The Balaban J connectivity index is 2.17. The van der Waals surface area contributed by atoms with E-state index in [2.05, 4.69) is 32.5 Å². The molecular formula is C11H20S. The van der Waals surface area contributed by atoms with Gasteiger partial charge in [-0.15, -0.1) is 0 Å². The zero-order chi connectivity index (χ0) is 8.77. The maximum atomic E-state index is 2.51. The van der Waals surface area contributed by atoms with E-state index < -0.39 is 0 Å². The van der Waals surface area contributed by atoms with Gasteiger partial charge in [-0.2, -0.15) is 11.8 Å². The van der Waals surface area contributed by atoms with Gasteiger partial charge in [-0.05, 0) is 35.8 Å². The molecule has 0 spiro atoms. The van der Waals surface area contributed by atoms with E-state index in [1.54, 1.807) is 0 Å². The zero-order valence-corrected chi connectivity index (χ0v) is 9.29. The monoisotopic (exact) mass is 184 g/mol. The Morgan fingerprint density at radius 3 is 2.75 bits per heavy atom. The molecule has 1 saturated carbocycles. The van der Waals surface area contributed by atoms with E-state index in [0.29, 0.717) is 5.41 Å². The summed E-state index contributed by atoms with van der Waals surface area (Å²) in [5.41, 5.74) is 0.659. The lowest BCUT2D eigenvalue weighted by atomic mass is 9.70. The molecule has 1 aliphatic heterocycles. The maximum Gasteiger partial charge on any atom is 0.00811 e. The fraction of sp³-hybridized carbons (Fsp3) is 1.00. The van der Waals surface area contributed by atoms with Gasteiger partial charge in [0.1, 0.15) is 0 Å². The fourth-order valence-corrected chi connectivity index (χ4v) is 5.00. The highest BCUT2D eigenvalue weighted by atomic mass is 32.2. The van der Waals surface area contributed by atoms with Crippen LogP contribution in [0.25, 0.3) is 0 Å². The van der Waals surface area contributed by atoms with Crippen molar-refractivity contribution in [2.75, 3.05) is 5.75 Å². The van der Waals surface area contributed by atoms with Crippen LogP contribution in [-0.2, 0) is 0 Å². The molecule has 2 aliphatic rings. The van der Waals surface area contributed by atoms with E-state index in [0.717, 1.165) is 17.1 Å².